The Kier molecular flexibility index (Phi) is 1.29. The maximum absolute atomic E-state index is 3.91. The first-order valence-corrected chi connectivity index (χ1v) is 3.56. The molecule has 0 fully saturated rings. The van der Waals surface area contributed by atoms with Crippen molar-refractivity contribution in [2.24, 2.45) is 0 Å². The molecule has 0 aliphatic rings. The molecule has 1 aromatic rings. The summed E-state index contributed by atoms with van der Waals surface area (Å²) in [5.41, 5.74) is 0. The van der Waals surface area contributed by atoms with Crippen molar-refractivity contribution in [1.82, 2.24) is 9.19 Å². The van der Waals surface area contributed by atoms with Crippen LogP contribution in [0.2, 0.25) is 0 Å². The molecule has 2 nitrogen and oxygen atoms in total. The molecular formula is C2H2N2SSe. The molecule has 1 aromatic heterocycles. The van der Waals surface area contributed by atoms with E-state index in [0.29, 0.717) is 0 Å². The molecule has 0 N–H and O–H groups in total. The van der Waals surface area contributed by atoms with Crippen LogP contribution in [0.3, 0.4) is 0 Å². The van der Waals surface area contributed by atoms with Crippen LogP contribution in [-0.2, 0) is 0 Å². The van der Waals surface area contributed by atoms with E-state index in [0.717, 1.165) is 5.03 Å². The van der Waals surface area contributed by atoms with E-state index in [9.17, 15) is 0 Å². The van der Waals surface area contributed by atoms with Crippen molar-refractivity contribution in [2.75, 3.05) is 0 Å². The van der Waals surface area contributed by atoms with Gasteiger partial charge in [0, 0.05) is 0 Å². The molecule has 0 aliphatic heterocycles. The summed E-state index contributed by atoms with van der Waals surface area (Å²) in [6, 6.07) is 0. The maximum atomic E-state index is 3.91. The Morgan fingerprint density at radius 1 is 1.83 bits per heavy atom. The molecule has 0 aliphatic carbocycles. The van der Waals surface area contributed by atoms with Gasteiger partial charge in [0.05, 0.1) is 0 Å². The number of thiol groups is 1. The fraction of sp³-hybridized carbons (Fsp3) is 0. The van der Waals surface area contributed by atoms with E-state index in [1.807, 2.05) is 4.94 Å². The third kappa shape index (κ3) is 0.834. The standard InChI is InChI=1S/C2H2N2SSe/c5-2-1-6-4-3-2/h1,5H. The van der Waals surface area contributed by atoms with Gasteiger partial charge in [-0.15, -0.1) is 0 Å². The third-order valence-electron chi connectivity index (χ3n) is 0.349. The zero-order valence-corrected chi connectivity index (χ0v) is 5.43. The van der Waals surface area contributed by atoms with Crippen molar-refractivity contribution in [3.05, 3.63) is 4.94 Å². The summed E-state index contributed by atoms with van der Waals surface area (Å²) in [5.74, 6) is 0. The first-order chi connectivity index (χ1) is 2.89. The summed E-state index contributed by atoms with van der Waals surface area (Å²) in [6.07, 6.45) is 0. The molecule has 0 saturated heterocycles. The van der Waals surface area contributed by atoms with Gasteiger partial charge >= 0.3 is 46.5 Å². The van der Waals surface area contributed by atoms with Crippen LogP contribution in [0.25, 0.3) is 0 Å². The van der Waals surface area contributed by atoms with E-state index in [4.69, 9.17) is 0 Å². The molecule has 0 saturated carbocycles. The van der Waals surface area contributed by atoms with Gasteiger partial charge in [-0.3, -0.25) is 0 Å². The summed E-state index contributed by atoms with van der Waals surface area (Å²) in [5, 5.41) is 4.37. The van der Waals surface area contributed by atoms with Gasteiger partial charge in [-0.25, -0.2) is 0 Å². The summed E-state index contributed by atoms with van der Waals surface area (Å²) >= 11 is 4.17. The SMILES string of the molecule is Sc1c[se]nn1. The number of hydrogen-bond acceptors (Lipinski definition) is 3. The first-order valence-electron chi connectivity index (χ1n) is 1.35. The second-order valence-corrected chi connectivity index (χ2v) is 2.50. The molecule has 0 unspecified atom stereocenters. The molecule has 0 bridgehead atoms. The van der Waals surface area contributed by atoms with E-state index in [1.165, 1.54) is 0 Å². The van der Waals surface area contributed by atoms with Crippen LogP contribution in [0.1, 0.15) is 0 Å². The monoisotopic (exact) mass is 166 g/mol. The predicted octanol–water partition coefficient (Wildman–Crippen LogP) is -0.178. The fourth-order valence-electron chi connectivity index (χ4n) is 0.160. The molecule has 0 aromatic carbocycles. The number of rotatable bonds is 0. The fourth-order valence-corrected chi connectivity index (χ4v) is 1.26. The Labute approximate surface area is 47.0 Å². The van der Waals surface area contributed by atoms with Gasteiger partial charge in [0.25, 0.3) is 0 Å². The van der Waals surface area contributed by atoms with Crippen LogP contribution in [0.15, 0.2) is 9.97 Å². The van der Waals surface area contributed by atoms with E-state index in [-0.39, 0.29) is 14.7 Å². The van der Waals surface area contributed by atoms with E-state index in [1.54, 1.807) is 0 Å². The Morgan fingerprint density at radius 3 is 2.83 bits per heavy atom. The topological polar surface area (TPSA) is 25.8 Å². The van der Waals surface area contributed by atoms with Crippen molar-refractivity contribution < 1.29 is 0 Å². The van der Waals surface area contributed by atoms with Gasteiger partial charge in [-0.05, 0) is 0 Å². The second kappa shape index (κ2) is 1.78. The van der Waals surface area contributed by atoms with Crippen molar-refractivity contribution in [2.45, 2.75) is 5.03 Å². The summed E-state index contributed by atoms with van der Waals surface area (Å²) in [4.78, 5) is 1.91. The normalized spacial score (nSPS) is 8.83. The van der Waals surface area contributed by atoms with E-state index in [2.05, 4.69) is 21.8 Å². The molecular weight excluding hydrogens is 163 g/mol. The Balaban J connectivity index is 3.05. The minimum atomic E-state index is 0.261. The molecule has 4 heteroatoms. The van der Waals surface area contributed by atoms with Crippen LogP contribution in [-0.4, -0.2) is 23.9 Å². The first kappa shape index (κ1) is 4.37. The van der Waals surface area contributed by atoms with Crippen LogP contribution in [0.5, 0.6) is 0 Å². The van der Waals surface area contributed by atoms with Crippen molar-refractivity contribution in [1.29, 1.82) is 0 Å². The van der Waals surface area contributed by atoms with Gasteiger partial charge in [0.15, 0.2) is 0 Å². The zero-order chi connectivity index (χ0) is 4.41. The zero-order valence-electron chi connectivity index (χ0n) is 2.83. The number of aromatic nitrogens is 2. The number of nitrogens with zero attached hydrogens (tertiary/aromatic N) is 2. The average Bonchev–Trinajstić information content (AvgIpc) is 1.86. The van der Waals surface area contributed by atoms with E-state index >= 15 is 0 Å². The van der Waals surface area contributed by atoms with E-state index < -0.39 is 0 Å². The average molecular weight is 165 g/mol. The molecule has 1 rings (SSSR count). The van der Waals surface area contributed by atoms with Gasteiger partial charge in [0.1, 0.15) is 0 Å². The van der Waals surface area contributed by atoms with Gasteiger partial charge in [-0.2, -0.15) is 0 Å². The minimum absolute atomic E-state index is 0.261. The Bertz CT molecular complexity index is 115. The predicted molar refractivity (Wildman–Crippen MR) is 26.2 cm³/mol. The Morgan fingerprint density at radius 2 is 2.67 bits per heavy atom. The molecule has 1 heterocycles. The van der Waals surface area contributed by atoms with Crippen LogP contribution >= 0.6 is 12.6 Å². The number of hydrogen-bond donors (Lipinski definition) is 1. The quantitative estimate of drug-likeness (QED) is 0.426. The third-order valence-corrected chi connectivity index (χ3v) is 2.02. The second-order valence-electron chi connectivity index (χ2n) is 0.763. The molecule has 32 valence electrons. The van der Waals surface area contributed by atoms with Crippen molar-refractivity contribution in [3.8, 4) is 0 Å². The van der Waals surface area contributed by atoms with Crippen LogP contribution < -0.4 is 0 Å². The van der Waals surface area contributed by atoms with Crippen LogP contribution in [0, 0.1) is 0 Å². The summed E-state index contributed by atoms with van der Waals surface area (Å²) in [6.45, 7) is 0. The Hall–Kier alpha value is 0.209. The summed E-state index contributed by atoms with van der Waals surface area (Å²) in [7, 11) is 0. The van der Waals surface area contributed by atoms with Crippen LogP contribution in [0.4, 0.5) is 0 Å². The molecule has 0 amide bonds. The molecule has 6 heavy (non-hydrogen) atoms. The van der Waals surface area contributed by atoms with Gasteiger partial charge < -0.3 is 0 Å². The van der Waals surface area contributed by atoms with Gasteiger partial charge in [0.2, 0.25) is 0 Å². The summed E-state index contributed by atoms with van der Waals surface area (Å²) < 4.78 is 3.68. The molecule has 0 spiro atoms. The molecule has 0 atom stereocenters. The van der Waals surface area contributed by atoms with Gasteiger partial charge in [-0.1, -0.05) is 0 Å². The van der Waals surface area contributed by atoms with Crippen molar-refractivity contribution in [3.63, 3.8) is 0 Å². The van der Waals surface area contributed by atoms with Crippen molar-refractivity contribution >= 4 is 27.4 Å². The molecule has 0 radical (unpaired) electrons.